The van der Waals surface area contributed by atoms with Crippen LogP contribution < -0.4 is 5.32 Å². The molecule has 1 saturated heterocycles. The third-order valence-corrected chi connectivity index (χ3v) is 10.8. The van der Waals surface area contributed by atoms with Gasteiger partial charge in [-0.1, -0.05) is 55.0 Å². The standard InChI is InChI=1S/C37H42F6N2O3S.ClH/c1-49(47)21-9-15-35(31-12-5-6-13-32(31)44-33(35)46)14-7-8-18-45-19-16-34(17-20-45,28-10-3-2-4-11-28)26-48-25-27-22-29(36(38,39)40)24-30(23-27)37(41,42)43;/h2-6,10-13,22-24H,7-9,14-21,25-26H2,1H3,(H,44,46);1H. The van der Waals surface area contributed by atoms with E-state index in [1.807, 2.05) is 54.6 Å². The Labute approximate surface area is 298 Å². The number of para-hydroxylation sites is 1. The van der Waals surface area contributed by atoms with Crippen LogP contribution in [0.2, 0.25) is 0 Å². The Morgan fingerprint density at radius 2 is 1.44 bits per heavy atom. The molecule has 1 amide bonds. The molecule has 1 fully saturated rings. The number of rotatable bonds is 14. The van der Waals surface area contributed by atoms with Gasteiger partial charge in [0.15, 0.2) is 0 Å². The fourth-order valence-electron chi connectivity index (χ4n) is 7.31. The lowest BCUT2D eigenvalue weighted by molar-refractivity contribution is -0.143. The lowest BCUT2D eigenvalue weighted by Gasteiger charge is -2.42. The number of likely N-dealkylation sites (tertiary alicyclic amines) is 1. The molecule has 13 heteroatoms. The van der Waals surface area contributed by atoms with E-state index < -0.39 is 45.1 Å². The van der Waals surface area contributed by atoms with E-state index >= 15 is 0 Å². The number of anilines is 1. The number of carbonyl (C=O) groups excluding carboxylic acids is 1. The highest BCUT2D eigenvalue weighted by atomic mass is 35.5. The topological polar surface area (TPSA) is 58.6 Å². The Hall–Kier alpha value is -2.93. The Kier molecular flexibility index (Phi) is 13.2. The summed E-state index contributed by atoms with van der Waals surface area (Å²) >= 11 is 0. The predicted molar refractivity (Wildman–Crippen MR) is 186 cm³/mol. The molecule has 3 aromatic carbocycles. The molecule has 2 aliphatic heterocycles. The smallest absolute Gasteiger partial charge is 0.376 e. The monoisotopic (exact) mass is 744 g/mol. The molecular formula is C37H43ClF6N2O3S. The number of unbranched alkanes of at least 4 members (excludes halogenated alkanes) is 1. The molecule has 2 atom stereocenters. The van der Waals surface area contributed by atoms with Gasteiger partial charge in [0.1, 0.15) is 0 Å². The van der Waals surface area contributed by atoms with E-state index in [0.717, 1.165) is 61.4 Å². The molecule has 0 bridgehead atoms. The van der Waals surface area contributed by atoms with Crippen LogP contribution >= 0.6 is 12.4 Å². The molecule has 1 N–H and O–H groups in total. The van der Waals surface area contributed by atoms with Gasteiger partial charge in [-0.3, -0.25) is 9.00 Å². The molecule has 274 valence electrons. The third-order valence-electron chi connectivity index (χ3n) is 9.98. The van der Waals surface area contributed by atoms with E-state index in [4.69, 9.17) is 4.74 Å². The van der Waals surface area contributed by atoms with Crippen molar-refractivity contribution >= 4 is 34.8 Å². The first-order chi connectivity index (χ1) is 23.2. The van der Waals surface area contributed by atoms with Gasteiger partial charge in [-0.2, -0.15) is 26.3 Å². The summed E-state index contributed by atoms with van der Waals surface area (Å²) in [5, 5.41) is 3.05. The largest absolute Gasteiger partial charge is 0.416 e. The number of ether oxygens (including phenoxy) is 1. The SMILES string of the molecule is CS(=O)CCCC1(CCCCN2CCC(COCc3cc(C(F)(F)F)cc(C(F)(F)F)c3)(c3ccccc3)CC2)C(=O)Nc2ccccc21.Cl. The van der Waals surface area contributed by atoms with Crippen LogP contribution in [0.15, 0.2) is 72.8 Å². The normalized spacial score (nSPS) is 19.8. The molecule has 0 aromatic heterocycles. The molecule has 0 aliphatic carbocycles. The van der Waals surface area contributed by atoms with Crippen LogP contribution in [-0.4, -0.2) is 53.3 Å². The summed E-state index contributed by atoms with van der Waals surface area (Å²) in [5.74, 6) is 0.549. The average Bonchev–Trinajstić information content (AvgIpc) is 3.33. The van der Waals surface area contributed by atoms with Gasteiger partial charge in [-0.25, -0.2) is 0 Å². The molecule has 0 saturated carbocycles. The van der Waals surface area contributed by atoms with Crippen molar-refractivity contribution in [3.8, 4) is 0 Å². The molecule has 0 spiro atoms. The van der Waals surface area contributed by atoms with E-state index in [0.29, 0.717) is 37.9 Å². The van der Waals surface area contributed by atoms with E-state index in [1.165, 1.54) is 0 Å². The van der Waals surface area contributed by atoms with Gasteiger partial charge >= 0.3 is 12.4 Å². The number of nitrogens with zero attached hydrogens (tertiary/aromatic N) is 1. The van der Waals surface area contributed by atoms with Gasteiger partial charge in [-0.05, 0) is 99.1 Å². The van der Waals surface area contributed by atoms with Crippen LogP contribution in [0, 0.1) is 0 Å². The van der Waals surface area contributed by atoms with Crippen LogP contribution in [0.3, 0.4) is 0 Å². The van der Waals surface area contributed by atoms with Gasteiger partial charge in [-0.15, -0.1) is 12.4 Å². The predicted octanol–water partition coefficient (Wildman–Crippen LogP) is 8.92. The number of amides is 1. The highest BCUT2D eigenvalue weighted by molar-refractivity contribution is 7.84. The second-order valence-corrected chi connectivity index (χ2v) is 14.9. The van der Waals surface area contributed by atoms with Gasteiger partial charge < -0.3 is 15.0 Å². The van der Waals surface area contributed by atoms with E-state index in [9.17, 15) is 35.3 Å². The minimum atomic E-state index is -4.92. The van der Waals surface area contributed by atoms with Gasteiger partial charge in [0.05, 0.1) is 29.8 Å². The summed E-state index contributed by atoms with van der Waals surface area (Å²) in [4.78, 5) is 15.7. The van der Waals surface area contributed by atoms with Gasteiger partial charge in [0.2, 0.25) is 5.91 Å². The molecule has 5 nitrogen and oxygen atoms in total. The number of hydrogen-bond donors (Lipinski definition) is 1. The quantitative estimate of drug-likeness (QED) is 0.132. The van der Waals surface area contributed by atoms with E-state index in [1.54, 1.807) is 6.26 Å². The zero-order chi connectivity index (χ0) is 35.3. The maximum Gasteiger partial charge on any atom is 0.416 e. The van der Waals surface area contributed by atoms with Crippen LogP contribution in [0.4, 0.5) is 32.0 Å². The average molecular weight is 745 g/mol. The molecule has 2 unspecified atom stereocenters. The summed E-state index contributed by atoms with van der Waals surface area (Å²) in [5.41, 5.74) is -1.10. The zero-order valence-electron chi connectivity index (χ0n) is 27.9. The minimum absolute atomic E-state index is 0. The van der Waals surface area contributed by atoms with E-state index in [2.05, 4.69) is 10.2 Å². The summed E-state index contributed by atoms with van der Waals surface area (Å²) in [6.45, 7) is 2.10. The van der Waals surface area contributed by atoms with Crippen LogP contribution in [0.1, 0.15) is 72.8 Å². The first-order valence-corrected chi connectivity index (χ1v) is 18.3. The molecule has 2 heterocycles. The van der Waals surface area contributed by atoms with Crippen molar-refractivity contribution in [2.45, 2.75) is 74.7 Å². The highest BCUT2D eigenvalue weighted by Gasteiger charge is 2.45. The summed E-state index contributed by atoms with van der Waals surface area (Å²) in [7, 11) is -0.934. The van der Waals surface area contributed by atoms with Crippen LogP contribution in [0.25, 0.3) is 0 Å². The van der Waals surface area contributed by atoms with Crippen molar-refractivity contribution in [2.75, 3.05) is 43.6 Å². The number of benzene rings is 3. The van der Waals surface area contributed by atoms with Gasteiger partial charge in [0, 0.05) is 33.9 Å². The summed E-state index contributed by atoms with van der Waals surface area (Å²) in [6, 6.07) is 19.0. The lowest BCUT2D eigenvalue weighted by atomic mass is 9.73. The number of carbonyl (C=O) groups is 1. The minimum Gasteiger partial charge on any atom is -0.376 e. The number of halogens is 7. The van der Waals surface area contributed by atoms with Crippen molar-refractivity contribution in [2.24, 2.45) is 0 Å². The van der Waals surface area contributed by atoms with Crippen LogP contribution in [-0.2, 0) is 50.1 Å². The first-order valence-electron chi connectivity index (χ1n) is 16.6. The number of nitrogens with one attached hydrogen (secondary N) is 1. The molecule has 0 radical (unpaired) electrons. The van der Waals surface area contributed by atoms with Crippen molar-refractivity contribution in [1.82, 2.24) is 4.90 Å². The highest BCUT2D eigenvalue weighted by Crippen LogP contribution is 2.45. The molecule has 5 rings (SSSR count). The third kappa shape index (κ3) is 9.48. The molecular weight excluding hydrogens is 702 g/mol. The number of hydrogen-bond acceptors (Lipinski definition) is 4. The fourth-order valence-corrected chi connectivity index (χ4v) is 7.86. The van der Waals surface area contributed by atoms with Crippen molar-refractivity contribution in [3.63, 3.8) is 0 Å². The second kappa shape index (κ2) is 16.6. The number of alkyl halides is 6. The number of piperidine rings is 1. The molecule has 2 aliphatic rings. The lowest BCUT2D eigenvalue weighted by Crippen LogP contribution is -2.45. The van der Waals surface area contributed by atoms with Crippen molar-refractivity contribution in [3.05, 3.63) is 101 Å². The van der Waals surface area contributed by atoms with Gasteiger partial charge in [0.25, 0.3) is 0 Å². The Bertz CT molecular complexity index is 1580. The number of fused-ring (bicyclic) bond motifs is 1. The Morgan fingerprint density at radius 1 is 0.840 bits per heavy atom. The Balaban J connectivity index is 0.00000562. The molecule has 3 aromatic rings. The summed E-state index contributed by atoms with van der Waals surface area (Å²) in [6.07, 6.45) is -3.01. The Morgan fingerprint density at radius 3 is 2.06 bits per heavy atom. The first kappa shape index (κ1) is 39.8. The van der Waals surface area contributed by atoms with Crippen molar-refractivity contribution < 1.29 is 40.1 Å². The maximum atomic E-state index is 13.4. The fraction of sp³-hybridized carbons (Fsp3) is 0.486. The molecule has 50 heavy (non-hydrogen) atoms. The van der Waals surface area contributed by atoms with E-state index in [-0.39, 0.29) is 43.2 Å². The van der Waals surface area contributed by atoms with Crippen LogP contribution in [0.5, 0.6) is 0 Å². The second-order valence-electron chi connectivity index (χ2n) is 13.3. The van der Waals surface area contributed by atoms with Crippen molar-refractivity contribution in [1.29, 1.82) is 0 Å². The zero-order valence-corrected chi connectivity index (χ0v) is 29.5. The summed E-state index contributed by atoms with van der Waals surface area (Å²) < 4.78 is 98.0. The maximum absolute atomic E-state index is 13.4.